The Bertz CT molecular complexity index is 416. The summed E-state index contributed by atoms with van der Waals surface area (Å²) in [6, 6.07) is 0. The highest BCUT2D eigenvalue weighted by Gasteiger charge is 2.24. The molecule has 0 fully saturated rings. The zero-order chi connectivity index (χ0) is 12.5. The summed E-state index contributed by atoms with van der Waals surface area (Å²) < 4.78 is 5.31. The predicted octanol–water partition coefficient (Wildman–Crippen LogP) is 1.64. The number of carbonyl (C=O) groups is 1. The van der Waals surface area contributed by atoms with Gasteiger partial charge in [-0.3, -0.25) is 9.89 Å². The molecule has 0 aromatic heterocycles. The minimum absolute atomic E-state index is 0.329. The van der Waals surface area contributed by atoms with Crippen LogP contribution >= 0.6 is 0 Å². The predicted molar refractivity (Wildman–Crippen MR) is 65.6 cm³/mol. The van der Waals surface area contributed by atoms with Crippen molar-refractivity contribution < 1.29 is 9.53 Å². The van der Waals surface area contributed by atoms with Crippen molar-refractivity contribution in [3.05, 3.63) is 23.5 Å². The lowest BCUT2D eigenvalue weighted by Crippen LogP contribution is -2.39. The molecule has 1 amide bonds. The topological polar surface area (TPSA) is 53.9 Å². The van der Waals surface area contributed by atoms with Crippen LogP contribution in [0, 0.1) is 0 Å². The summed E-state index contributed by atoms with van der Waals surface area (Å²) in [5.41, 5.74) is 1.56. The highest BCUT2D eigenvalue weighted by molar-refractivity contribution is 5.85. The van der Waals surface area contributed by atoms with Gasteiger partial charge in [-0.1, -0.05) is 0 Å². The van der Waals surface area contributed by atoms with Gasteiger partial charge in [0.1, 0.15) is 12.3 Å². The Morgan fingerprint density at radius 3 is 3.00 bits per heavy atom. The molecule has 2 aliphatic heterocycles. The van der Waals surface area contributed by atoms with E-state index in [1.165, 1.54) is 0 Å². The van der Waals surface area contributed by atoms with Gasteiger partial charge in [-0.25, -0.2) is 4.79 Å². The molecule has 17 heavy (non-hydrogen) atoms. The monoisotopic (exact) mass is 235 g/mol. The molecular formula is C12H17N3O2. The minimum Gasteiger partial charge on any atom is -0.443 e. The van der Waals surface area contributed by atoms with Crippen molar-refractivity contribution in [1.82, 2.24) is 10.2 Å². The lowest BCUT2D eigenvalue weighted by molar-refractivity contribution is 0.0343. The van der Waals surface area contributed by atoms with Crippen LogP contribution in [0.3, 0.4) is 0 Å². The van der Waals surface area contributed by atoms with Crippen LogP contribution in [-0.4, -0.2) is 36.0 Å². The summed E-state index contributed by atoms with van der Waals surface area (Å²) in [4.78, 5) is 17.5. The molecular weight excluding hydrogens is 218 g/mol. The molecule has 0 atom stereocenters. The van der Waals surface area contributed by atoms with Crippen LogP contribution < -0.4 is 5.32 Å². The maximum Gasteiger partial charge on any atom is 0.414 e. The van der Waals surface area contributed by atoms with Crippen molar-refractivity contribution in [2.75, 3.05) is 13.2 Å². The van der Waals surface area contributed by atoms with Gasteiger partial charge < -0.3 is 10.1 Å². The third-order valence-corrected chi connectivity index (χ3v) is 2.35. The molecule has 5 nitrogen and oxygen atoms in total. The molecule has 2 rings (SSSR count). The number of carbonyl (C=O) groups excluding carboxylic acids is 1. The van der Waals surface area contributed by atoms with Crippen molar-refractivity contribution in [3.8, 4) is 0 Å². The largest absolute Gasteiger partial charge is 0.443 e. The van der Waals surface area contributed by atoms with Crippen LogP contribution in [0.15, 0.2) is 28.5 Å². The first-order valence-corrected chi connectivity index (χ1v) is 5.60. The molecule has 92 valence electrons. The van der Waals surface area contributed by atoms with Crippen molar-refractivity contribution in [2.45, 2.75) is 26.4 Å². The number of allylic oxidation sites excluding steroid dienone is 2. The first-order chi connectivity index (χ1) is 7.96. The van der Waals surface area contributed by atoms with Crippen LogP contribution in [-0.2, 0) is 4.74 Å². The van der Waals surface area contributed by atoms with Gasteiger partial charge in [0.05, 0.1) is 6.54 Å². The van der Waals surface area contributed by atoms with E-state index in [-0.39, 0.29) is 6.09 Å². The maximum atomic E-state index is 11.9. The number of amides is 1. The van der Waals surface area contributed by atoms with Gasteiger partial charge >= 0.3 is 6.09 Å². The molecule has 0 saturated carbocycles. The second-order valence-corrected chi connectivity index (χ2v) is 5.00. The second-order valence-electron chi connectivity index (χ2n) is 5.00. The third-order valence-electron chi connectivity index (χ3n) is 2.35. The van der Waals surface area contributed by atoms with Crippen LogP contribution in [0.4, 0.5) is 4.79 Å². The van der Waals surface area contributed by atoms with Crippen LogP contribution in [0.25, 0.3) is 0 Å². The van der Waals surface area contributed by atoms with Crippen molar-refractivity contribution in [2.24, 2.45) is 4.99 Å². The summed E-state index contributed by atoms with van der Waals surface area (Å²) >= 11 is 0. The van der Waals surface area contributed by atoms with Crippen LogP contribution in [0.2, 0.25) is 0 Å². The Balaban J connectivity index is 2.03. The number of ether oxygens (including phenoxy) is 1. The molecule has 0 bridgehead atoms. The molecule has 1 N–H and O–H groups in total. The maximum absolute atomic E-state index is 11.9. The third kappa shape index (κ3) is 2.87. The van der Waals surface area contributed by atoms with Crippen LogP contribution in [0.5, 0.6) is 0 Å². The van der Waals surface area contributed by atoms with E-state index in [0.717, 1.165) is 11.3 Å². The Labute approximate surface area is 101 Å². The lowest BCUT2D eigenvalue weighted by atomic mass is 10.1. The van der Waals surface area contributed by atoms with Crippen molar-refractivity contribution in [3.63, 3.8) is 0 Å². The fraction of sp³-hybridized carbons (Fsp3) is 0.500. The van der Waals surface area contributed by atoms with Gasteiger partial charge in [-0.2, -0.15) is 0 Å². The van der Waals surface area contributed by atoms with Crippen molar-refractivity contribution >= 4 is 12.3 Å². The standard InChI is InChI=1S/C12H17N3O2/c1-12(2,3)17-11(16)15-5-4-9-6-13-8-14-10(9)7-15/h4-6,14H,7-8H2,1-3H3. The van der Waals surface area contributed by atoms with Gasteiger partial charge in [0.25, 0.3) is 0 Å². The number of rotatable bonds is 0. The van der Waals surface area contributed by atoms with Crippen molar-refractivity contribution in [1.29, 1.82) is 0 Å². The van der Waals surface area contributed by atoms with E-state index in [1.807, 2.05) is 33.1 Å². The van der Waals surface area contributed by atoms with E-state index in [9.17, 15) is 4.79 Å². The summed E-state index contributed by atoms with van der Waals surface area (Å²) in [5.74, 6) is 0. The quantitative estimate of drug-likeness (QED) is 0.694. The lowest BCUT2D eigenvalue weighted by Gasteiger charge is -2.29. The highest BCUT2D eigenvalue weighted by Crippen LogP contribution is 2.17. The van der Waals surface area contributed by atoms with Gasteiger partial charge in [0.2, 0.25) is 0 Å². The number of hydrogen-bond donors (Lipinski definition) is 1. The zero-order valence-corrected chi connectivity index (χ0v) is 10.4. The number of hydrogen-bond acceptors (Lipinski definition) is 4. The molecule has 2 aliphatic rings. The Kier molecular flexibility index (Phi) is 2.92. The molecule has 0 spiro atoms. The number of aliphatic imine (C=N–C) groups is 1. The normalized spacial score (nSPS) is 18.9. The van der Waals surface area contributed by atoms with E-state index in [1.54, 1.807) is 11.1 Å². The molecule has 0 aromatic rings. The summed E-state index contributed by atoms with van der Waals surface area (Å²) in [7, 11) is 0. The van der Waals surface area contributed by atoms with E-state index >= 15 is 0 Å². The van der Waals surface area contributed by atoms with E-state index < -0.39 is 5.60 Å². The molecule has 5 heteroatoms. The number of nitrogens with one attached hydrogen (secondary N) is 1. The van der Waals surface area contributed by atoms with Gasteiger partial charge in [0.15, 0.2) is 0 Å². The molecule has 0 radical (unpaired) electrons. The highest BCUT2D eigenvalue weighted by atomic mass is 16.6. The second kappa shape index (κ2) is 4.24. The fourth-order valence-electron chi connectivity index (χ4n) is 1.60. The zero-order valence-electron chi connectivity index (χ0n) is 10.4. The summed E-state index contributed by atoms with van der Waals surface area (Å²) in [6.07, 6.45) is 5.07. The Hall–Kier alpha value is -1.78. The molecule has 0 saturated heterocycles. The first kappa shape index (κ1) is 11.7. The number of nitrogens with zero attached hydrogens (tertiary/aromatic N) is 2. The molecule has 0 aromatic carbocycles. The van der Waals surface area contributed by atoms with E-state index in [4.69, 9.17) is 4.74 Å². The molecule has 2 heterocycles. The average molecular weight is 235 g/mol. The smallest absolute Gasteiger partial charge is 0.414 e. The molecule has 0 aliphatic carbocycles. The average Bonchev–Trinajstić information content (AvgIpc) is 2.26. The minimum atomic E-state index is -0.471. The van der Waals surface area contributed by atoms with Gasteiger partial charge in [-0.15, -0.1) is 0 Å². The summed E-state index contributed by atoms with van der Waals surface area (Å²) in [6.45, 7) is 6.64. The fourth-order valence-corrected chi connectivity index (χ4v) is 1.60. The van der Waals surface area contributed by atoms with E-state index in [0.29, 0.717) is 13.2 Å². The van der Waals surface area contributed by atoms with Gasteiger partial charge in [0, 0.05) is 23.7 Å². The van der Waals surface area contributed by atoms with E-state index in [2.05, 4.69) is 10.3 Å². The molecule has 0 unspecified atom stereocenters. The SMILES string of the molecule is CC(C)(C)OC(=O)N1C=CC2=C(C1)NCN=C2. The van der Waals surface area contributed by atoms with Gasteiger partial charge in [-0.05, 0) is 26.8 Å². The summed E-state index contributed by atoms with van der Waals surface area (Å²) in [5, 5.41) is 3.15. The Morgan fingerprint density at radius 1 is 1.53 bits per heavy atom. The first-order valence-electron chi connectivity index (χ1n) is 5.60. The Morgan fingerprint density at radius 2 is 2.29 bits per heavy atom. The van der Waals surface area contributed by atoms with Crippen LogP contribution in [0.1, 0.15) is 20.8 Å².